The molecule has 1 saturated carbocycles. The van der Waals surface area contributed by atoms with Gasteiger partial charge in [0.1, 0.15) is 0 Å². The maximum Gasteiger partial charge on any atom is 0.160 e. The SMILES string of the molecule is CCOC1CC(NCc2ccc(OC)c(O)c2)C1. The van der Waals surface area contributed by atoms with Crippen molar-refractivity contribution in [2.45, 2.75) is 38.5 Å². The van der Waals surface area contributed by atoms with Gasteiger partial charge >= 0.3 is 0 Å². The van der Waals surface area contributed by atoms with Crippen LogP contribution < -0.4 is 10.1 Å². The molecule has 0 unspecified atom stereocenters. The standard InChI is InChI=1S/C14H21NO3/c1-3-18-12-7-11(8-12)15-9-10-4-5-14(17-2)13(16)6-10/h4-6,11-12,15-16H,3,7-9H2,1-2H3. The van der Waals surface area contributed by atoms with E-state index in [1.54, 1.807) is 19.2 Å². The summed E-state index contributed by atoms with van der Waals surface area (Å²) in [6, 6.07) is 6.02. The number of phenols is 1. The summed E-state index contributed by atoms with van der Waals surface area (Å²) in [5, 5.41) is 13.1. The largest absolute Gasteiger partial charge is 0.504 e. The molecule has 1 aliphatic carbocycles. The lowest BCUT2D eigenvalue weighted by Gasteiger charge is -2.35. The number of benzene rings is 1. The Labute approximate surface area is 108 Å². The summed E-state index contributed by atoms with van der Waals surface area (Å²) >= 11 is 0. The normalized spacial score (nSPS) is 22.6. The van der Waals surface area contributed by atoms with Crippen molar-refractivity contribution in [1.29, 1.82) is 0 Å². The number of rotatable bonds is 6. The lowest BCUT2D eigenvalue weighted by Crippen LogP contribution is -2.45. The summed E-state index contributed by atoms with van der Waals surface area (Å²) in [7, 11) is 1.55. The molecule has 18 heavy (non-hydrogen) atoms. The molecule has 1 aromatic carbocycles. The minimum Gasteiger partial charge on any atom is -0.504 e. The lowest BCUT2D eigenvalue weighted by molar-refractivity contribution is -0.0102. The minimum atomic E-state index is 0.192. The third-order valence-electron chi connectivity index (χ3n) is 3.34. The zero-order valence-electron chi connectivity index (χ0n) is 11.0. The highest BCUT2D eigenvalue weighted by molar-refractivity contribution is 5.41. The molecule has 1 fully saturated rings. The quantitative estimate of drug-likeness (QED) is 0.812. The Morgan fingerprint density at radius 1 is 1.39 bits per heavy atom. The molecule has 4 heteroatoms. The van der Waals surface area contributed by atoms with E-state index in [4.69, 9.17) is 9.47 Å². The molecule has 0 aromatic heterocycles. The fourth-order valence-corrected chi connectivity index (χ4v) is 2.21. The predicted molar refractivity (Wildman–Crippen MR) is 69.9 cm³/mol. The Hall–Kier alpha value is -1.26. The average Bonchev–Trinajstić information content (AvgIpc) is 2.32. The molecule has 0 aliphatic heterocycles. The van der Waals surface area contributed by atoms with Crippen molar-refractivity contribution in [3.63, 3.8) is 0 Å². The maximum atomic E-state index is 9.67. The van der Waals surface area contributed by atoms with Crippen LogP contribution in [0, 0.1) is 0 Å². The van der Waals surface area contributed by atoms with E-state index in [1.165, 1.54) is 0 Å². The van der Waals surface area contributed by atoms with Gasteiger partial charge in [0, 0.05) is 19.2 Å². The summed E-state index contributed by atoms with van der Waals surface area (Å²) < 4.78 is 10.5. The molecule has 2 N–H and O–H groups in total. The summed E-state index contributed by atoms with van der Waals surface area (Å²) in [6.45, 7) is 3.59. The number of methoxy groups -OCH3 is 1. The molecule has 0 radical (unpaired) electrons. The summed E-state index contributed by atoms with van der Waals surface area (Å²) in [6.07, 6.45) is 2.59. The van der Waals surface area contributed by atoms with Crippen molar-refractivity contribution >= 4 is 0 Å². The Morgan fingerprint density at radius 2 is 2.17 bits per heavy atom. The molecule has 0 bridgehead atoms. The number of aromatic hydroxyl groups is 1. The number of ether oxygens (including phenoxy) is 2. The first-order chi connectivity index (χ1) is 8.72. The van der Waals surface area contributed by atoms with Crippen molar-refractivity contribution in [3.8, 4) is 11.5 Å². The van der Waals surface area contributed by atoms with Crippen molar-refractivity contribution in [1.82, 2.24) is 5.32 Å². The fraction of sp³-hybridized carbons (Fsp3) is 0.571. The van der Waals surface area contributed by atoms with Crippen LogP contribution in [0.3, 0.4) is 0 Å². The van der Waals surface area contributed by atoms with E-state index in [2.05, 4.69) is 5.32 Å². The highest BCUT2D eigenvalue weighted by Gasteiger charge is 2.28. The van der Waals surface area contributed by atoms with Crippen LogP contribution in [0.25, 0.3) is 0 Å². The van der Waals surface area contributed by atoms with Crippen LogP contribution >= 0.6 is 0 Å². The second kappa shape index (κ2) is 6.07. The Balaban J connectivity index is 1.76. The lowest BCUT2D eigenvalue weighted by atomic mass is 9.89. The summed E-state index contributed by atoms with van der Waals surface area (Å²) in [5.41, 5.74) is 1.06. The van der Waals surface area contributed by atoms with Gasteiger partial charge < -0.3 is 19.9 Å². The van der Waals surface area contributed by atoms with Gasteiger partial charge in [-0.15, -0.1) is 0 Å². The second-order valence-electron chi connectivity index (χ2n) is 4.63. The van der Waals surface area contributed by atoms with Crippen LogP contribution in [-0.2, 0) is 11.3 Å². The first-order valence-corrected chi connectivity index (χ1v) is 6.43. The van der Waals surface area contributed by atoms with Crippen molar-refractivity contribution in [2.75, 3.05) is 13.7 Å². The number of phenolic OH excluding ortho intramolecular Hbond substituents is 1. The first kappa shape index (κ1) is 13.2. The summed E-state index contributed by atoms with van der Waals surface area (Å²) in [4.78, 5) is 0. The molecular formula is C14H21NO3. The van der Waals surface area contributed by atoms with Crippen molar-refractivity contribution < 1.29 is 14.6 Å². The Kier molecular flexibility index (Phi) is 4.44. The zero-order valence-corrected chi connectivity index (χ0v) is 11.0. The fourth-order valence-electron chi connectivity index (χ4n) is 2.21. The van der Waals surface area contributed by atoms with Crippen LogP contribution in [0.5, 0.6) is 11.5 Å². The zero-order chi connectivity index (χ0) is 13.0. The molecule has 0 heterocycles. The van der Waals surface area contributed by atoms with E-state index < -0.39 is 0 Å². The molecule has 100 valence electrons. The van der Waals surface area contributed by atoms with E-state index in [0.29, 0.717) is 17.9 Å². The summed E-state index contributed by atoms with van der Waals surface area (Å²) in [5.74, 6) is 0.705. The maximum absolute atomic E-state index is 9.67. The smallest absolute Gasteiger partial charge is 0.160 e. The molecule has 0 atom stereocenters. The van der Waals surface area contributed by atoms with Crippen LogP contribution in [-0.4, -0.2) is 31.0 Å². The van der Waals surface area contributed by atoms with Gasteiger partial charge in [0.05, 0.1) is 13.2 Å². The van der Waals surface area contributed by atoms with Crippen molar-refractivity contribution in [2.24, 2.45) is 0 Å². The second-order valence-corrected chi connectivity index (χ2v) is 4.63. The van der Waals surface area contributed by atoms with Gasteiger partial charge in [0.15, 0.2) is 11.5 Å². The Bertz CT molecular complexity index is 389. The van der Waals surface area contributed by atoms with E-state index in [9.17, 15) is 5.11 Å². The first-order valence-electron chi connectivity index (χ1n) is 6.43. The molecule has 1 aromatic rings. The van der Waals surface area contributed by atoms with E-state index in [-0.39, 0.29) is 5.75 Å². The Morgan fingerprint density at radius 3 is 2.78 bits per heavy atom. The van der Waals surface area contributed by atoms with Crippen molar-refractivity contribution in [3.05, 3.63) is 23.8 Å². The molecule has 1 aliphatic rings. The molecular weight excluding hydrogens is 230 g/mol. The van der Waals surface area contributed by atoms with Gasteiger partial charge in [-0.05, 0) is 37.5 Å². The molecule has 0 amide bonds. The van der Waals surface area contributed by atoms with Gasteiger partial charge in [0.2, 0.25) is 0 Å². The molecule has 2 rings (SSSR count). The average molecular weight is 251 g/mol. The highest BCUT2D eigenvalue weighted by Crippen LogP contribution is 2.27. The molecule has 0 saturated heterocycles. The topological polar surface area (TPSA) is 50.7 Å². The number of hydrogen-bond donors (Lipinski definition) is 2. The molecule has 4 nitrogen and oxygen atoms in total. The van der Waals surface area contributed by atoms with E-state index in [1.807, 2.05) is 13.0 Å². The van der Waals surface area contributed by atoms with E-state index >= 15 is 0 Å². The van der Waals surface area contributed by atoms with Gasteiger partial charge in [-0.1, -0.05) is 6.07 Å². The van der Waals surface area contributed by atoms with Crippen LogP contribution in [0.1, 0.15) is 25.3 Å². The van der Waals surface area contributed by atoms with Gasteiger partial charge in [-0.2, -0.15) is 0 Å². The number of nitrogens with one attached hydrogen (secondary N) is 1. The molecule has 0 spiro atoms. The highest BCUT2D eigenvalue weighted by atomic mass is 16.5. The third kappa shape index (κ3) is 3.15. The predicted octanol–water partition coefficient (Wildman–Crippen LogP) is 2.06. The van der Waals surface area contributed by atoms with Gasteiger partial charge in [-0.3, -0.25) is 0 Å². The minimum absolute atomic E-state index is 0.192. The van der Waals surface area contributed by atoms with Gasteiger partial charge in [0.25, 0.3) is 0 Å². The monoisotopic (exact) mass is 251 g/mol. The van der Waals surface area contributed by atoms with Crippen LogP contribution in [0.4, 0.5) is 0 Å². The third-order valence-corrected chi connectivity index (χ3v) is 3.34. The van der Waals surface area contributed by atoms with E-state index in [0.717, 1.165) is 31.6 Å². The van der Waals surface area contributed by atoms with Crippen LogP contribution in [0.2, 0.25) is 0 Å². The number of hydrogen-bond acceptors (Lipinski definition) is 4. The van der Waals surface area contributed by atoms with Gasteiger partial charge in [-0.25, -0.2) is 0 Å². The van der Waals surface area contributed by atoms with Crippen LogP contribution in [0.15, 0.2) is 18.2 Å².